The fourth-order valence-electron chi connectivity index (χ4n) is 8.60. The van der Waals surface area contributed by atoms with E-state index in [2.05, 4.69) is 52.1 Å². The summed E-state index contributed by atoms with van der Waals surface area (Å²) in [5.41, 5.74) is 10.1. The Kier molecular flexibility index (Phi) is 20.0. The van der Waals surface area contributed by atoms with Crippen molar-refractivity contribution in [2.24, 2.45) is 5.73 Å². The van der Waals surface area contributed by atoms with Crippen molar-refractivity contribution >= 4 is 99.7 Å². The Morgan fingerprint density at radius 1 is 0.974 bits per heavy atom. The number of imidazole rings is 1. The van der Waals surface area contributed by atoms with Gasteiger partial charge in [-0.15, -0.1) is 5.10 Å². The Morgan fingerprint density at radius 2 is 1.71 bits per heavy atom. The highest BCUT2D eigenvalue weighted by atomic mass is 79.9. The molecule has 0 aliphatic carbocycles. The highest BCUT2D eigenvalue weighted by Crippen LogP contribution is 2.30. The number of hydrogen-bond donors (Lipinski definition) is 6. The molecule has 3 aromatic heterocycles. The molecule has 77 heavy (non-hydrogen) atoms. The zero-order valence-electron chi connectivity index (χ0n) is 42.9. The molecule has 7 N–H and O–H groups in total. The zero-order chi connectivity index (χ0) is 55.3. The van der Waals surface area contributed by atoms with Crippen LogP contribution in [0.5, 0.6) is 0 Å². The van der Waals surface area contributed by atoms with Crippen molar-refractivity contribution in [2.75, 3.05) is 82.1 Å². The number of nitrogens with two attached hydrogens (primary N) is 1. The fourth-order valence-corrected chi connectivity index (χ4v) is 8.92. The first-order chi connectivity index (χ1) is 36.9. The third-order valence-electron chi connectivity index (χ3n) is 12.8. The van der Waals surface area contributed by atoms with Crippen molar-refractivity contribution < 1.29 is 47.4 Å². The number of alkyl halides is 1. The first kappa shape index (κ1) is 57.5. The molecule has 0 saturated carbocycles. The summed E-state index contributed by atoms with van der Waals surface area (Å²) < 4.78 is 28.0. The Morgan fingerprint density at radius 3 is 2.40 bits per heavy atom. The quantitative estimate of drug-likeness (QED) is 0.0430. The Labute approximate surface area is 457 Å². The molecular weight excluding hydrogens is 1090 g/mol. The molecule has 8 amide bonds. The molecule has 2 unspecified atom stereocenters. The first-order valence-corrected chi connectivity index (χ1v) is 26.1. The number of benzene rings is 2. The lowest BCUT2D eigenvalue weighted by atomic mass is 10.0. The Bertz CT molecular complexity index is 2960. The fraction of sp³-hybridized carbons (Fsp3) is 0.429. The van der Waals surface area contributed by atoms with Crippen LogP contribution in [-0.4, -0.2) is 178 Å². The van der Waals surface area contributed by atoms with Gasteiger partial charge in [0.25, 0.3) is 0 Å². The summed E-state index contributed by atoms with van der Waals surface area (Å²) >= 11 is 9.09. The van der Waals surface area contributed by atoms with Gasteiger partial charge in [0.1, 0.15) is 18.5 Å². The van der Waals surface area contributed by atoms with Gasteiger partial charge in [-0.1, -0.05) is 45.7 Å². The molecule has 2 atom stereocenters. The predicted octanol–water partition coefficient (Wildman–Crippen LogP) is 2.67. The molecule has 2 aliphatic heterocycles. The number of nitrogens with one attached hydrogen (secondary N) is 5. The van der Waals surface area contributed by atoms with Gasteiger partial charge < -0.3 is 51.0 Å². The van der Waals surface area contributed by atoms with Crippen LogP contribution in [0.4, 0.5) is 31.3 Å². The van der Waals surface area contributed by atoms with Crippen molar-refractivity contribution in [3.63, 3.8) is 0 Å². The largest absolute Gasteiger partial charge is 0.445 e. The molecule has 0 spiro atoms. The van der Waals surface area contributed by atoms with Crippen LogP contribution in [0, 0.1) is 19.7 Å². The predicted molar refractivity (Wildman–Crippen MR) is 286 cm³/mol. The molecule has 2 aliphatic rings. The van der Waals surface area contributed by atoms with E-state index < -0.39 is 66.1 Å². The molecule has 2 aromatic carbocycles. The maximum Gasteiger partial charge on any atom is 0.409 e. The van der Waals surface area contributed by atoms with Crippen LogP contribution in [0.1, 0.15) is 53.0 Å². The average Bonchev–Trinajstić information content (AvgIpc) is 4.16. The SMILES string of the molecule is Cc1cc(N(C(=O)N(C)CCN(C)C(=O)OCc2ccc(NC(=O)CNC(=O)C3CCCN3C(=O)C(CC(N)=O)N[B]NC(=O)CBr)cc2)c2cc(CN3CCOCC3)c3nc(C)c(Cc4ccc(Cl)cc4F)n3n2)n[nH]1. The van der Waals surface area contributed by atoms with Crippen molar-refractivity contribution in [1.29, 1.82) is 0 Å². The molecule has 0 bridgehead atoms. The van der Waals surface area contributed by atoms with E-state index in [0.717, 1.165) is 13.1 Å². The number of amides is 8. The maximum absolute atomic E-state index is 15.2. The lowest BCUT2D eigenvalue weighted by molar-refractivity contribution is -0.140. The molecule has 28 heteroatoms. The Balaban J connectivity index is 0.933. The number of urea groups is 1. The number of aryl methyl sites for hydroxylation is 2. The van der Waals surface area contributed by atoms with E-state index >= 15 is 4.39 Å². The summed E-state index contributed by atoms with van der Waals surface area (Å²) in [5.74, 6) is -2.78. The van der Waals surface area contributed by atoms with Gasteiger partial charge in [0.15, 0.2) is 17.3 Å². The number of likely N-dealkylation sites (N-methyl/N-ethyl adjacent to an activating group) is 2. The van der Waals surface area contributed by atoms with E-state index in [1.807, 2.05) is 19.9 Å². The minimum Gasteiger partial charge on any atom is -0.445 e. The number of halogens is 3. The van der Waals surface area contributed by atoms with Gasteiger partial charge in [0, 0.05) is 94.2 Å². The minimum absolute atomic E-state index is 0.0125. The number of aromatic amines is 1. The van der Waals surface area contributed by atoms with Gasteiger partial charge >= 0.3 is 19.7 Å². The van der Waals surface area contributed by atoms with Gasteiger partial charge in [0.05, 0.1) is 42.5 Å². The highest BCUT2D eigenvalue weighted by Gasteiger charge is 2.38. The standard InChI is InChI=1S/C49H60BBrClFN15O9/c1-29-20-41(61-60-29)67(42-22-33(27-65-16-18-76-19-17-65)45-56-30(2)39(68(45)62-42)21-32-9-10-34(52)23-36(32)53)48(74)63(3)14-15-64(4)49(75)77-28-31-7-11-35(12-8-31)57-44(71)26-55-46(72)38-6-5-13-66(38)47(73)37(24-40(54)69)58-50-59-43(70)25-51/h7-12,20,22-23,37-38,58H,5-6,13-19,21,24-28H2,1-4H3,(H2,54,69)(H,55,72)(H,57,71)(H,59,70)(H,60,61). The smallest absolute Gasteiger partial charge is 0.409 e. The lowest BCUT2D eigenvalue weighted by Gasteiger charge is -2.29. The van der Waals surface area contributed by atoms with E-state index in [4.69, 9.17) is 36.9 Å². The van der Waals surface area contributed by atoms with Gasteiger partial charge in [-0.3, -0.25) is 34.0 Å². The summed E-state index contributed by atoms with van der Waals surface area (Å²) in [4.78, 5) is 103. The molecule has 2 saturated heterocycles. The number of aromatic nitrogens is 5. The second kappa shape index (κ2) is 26.7. The number of nitrogens with zero attached hydrogens (tertiary/aromatic N) is 9. The van der Waals surface area contributed by atoms with Crippen molar-refractivity contribution in [3.05, 3.63) is 99.2 Å². The summed E-state index contributed by atoms with van der Waals surface area (Å²) in [6, 6.07) is 12.0. The highest BCUT2D eigenvalue weighted by molar-refractivity contribution is 9.09. The summed E-state index contributed by atoms with van der Waals surface area (Å²) in [7, 11) is 4.27. The van der Waals surface area contributed by atoms with Crippen LogP contribution in [-0.2, 0) is 53.0 Å². The third kappa shape index (κ3) is 15.3. The van der Waals surface area contributed by atoms with Gasteiger partial charge in [-0.2, -0.15) is 5.10 Å². The minimum atomic E-state index is -1.13. The molecule has 2 fully saturated rings. The number of H-pyrrole nitrogens is 1. The number of fused-ring (bicyclic) bond motifs is 1. The van der Waals surface area contributed by atoms with Crippen molar-refractivity contribution in [2.45, 2.75) is 64.8 Å². The number of hydrogen-bond acceptors (Lipinski definition) is 14. The van der Waals surface area contributed by atoms with Crippen LogP contribution in [0.15, 0.2) is 54.6 Å². The number of ether oxygens (including phenoxy) is 2. The van der Waals surface area contributed by atoms with Crippen LogP contribution < -0.4 is 31.7 Å². The summed E-state index contributed by atoms with van der Waals surface area (Å²) in [6.45, 7) is 6.51. The zero-order valence-corrected chi connectivity index (χ0v) is 45.3. The molecule has 24 nitrogen and oxygen atoms in total. The number of carbonyl (C=O) groups excluding carboxylic acids is 7. The maximum atomic E-state index is 15.2. The van der Waals surface area contributed by atoms with E-state index in [9.17, 15) is 33.6 Å². The van der Waals surface area contributed by atoms with Crippen LogP contribution >= 0.6 is 27.5 Å². The number of rotatable bonds is 22. The van der Waals surface area contributed by atoms with E-state index in [1.54, 1.807) is 61.1 Å². The number of anilines is 3. The van der Waals surface area contributed by atoms with E-state index in [-0.39, 0.29) is 61.1 Å². The Hall–Kier alpha value is -7.20. The van der Waals surface area contributed by atoms with Gasteiger partial charge in [0.2, 0.25) is 29.5 Å². The average molecular weight is 1150 g/mol. The molecule has 7 rings (SSSR count). The van der Waals surface area contributed by atoms with Crippen molar-refractivity contribution in [3.8, 4) is 0 Å². The topological polar surface area (TPSA) is 287 Å². The number of carbonyl (C=O) groups is 7. The van der Waals surface area contributed by atoms with Gasteiger partial charge in [-0.05, 0) is 68.1 Å². The van der Waals surface area contributed by atoms with Crippen molar-refractivity contribution in [1.82, 2.24) is 60.2 Å². The third-order valence-corrected chi connectivity index (χ3v) is 13.5. The molecule has 5 aromatic rings. The van der Waals surface area contributed by atoms with Gasteiger partial charge in [-0.25, -0.2) is 28.4 Å². The molecule has 409 valence electrons. The van der Waals surface area contributed by atoms with Crippen LogP contribution in [0.2, 0.25) is 5.02 Å². The number of likely N-dealkylation sites (tertiary alicyclic amines) is 1. The number of primary amides is 1. The first-order valence-electron chi connectivity index (χ1n) is 24.6. The molecular formula is C49H60BBrClFN15O9. The normalized spacial score (nSPS) is 14.9. The van der Waals surface area contributed by atoms with Crippen LogP contribution in [0.25, 0.3) is 5.65 Å². The lowest BCUT2D eigenvalue weighted by Crippen LogP contribution is -2.56. The molecule has 1 radical (unpaired) electrons. The monoisotopic (exact) mass is 1150 g/mol. The summed E-state index contributed by atoms with van der Waals surface area (Å²) in [6.07, 6.45) is -0.0531. The van der Waals surface area contributed by atoms with E-state index in [1.165, 1.54) is 25.7 Å². The second-order valence-electron chi connectivity index (χ2n) is 18.5. The second-order valence-corrected chi connectivity index (χ2v) is 19.5. The summed E-state index contributed by atoms with van der Waals surface area (Å²) in [5, 5.41) is 22.9. The van der Waals surface area contributed by atoms with Crippen LogP contribution in [0.3, 0.4) is 0 Å². The molecule has 5 heterocycles. The van der Waals surface area contributed by atoms with E-state index in [0.29, 0.717) is 85.2 Å². The number of morpholine rings is 1.